The van der Waals surface area contributed by atoms with Crippen molar-refractivity contribution in [3.05, 3.63) is 70.3 Å². The molecule has 8 heteroatoms. The number of nitro benzene ring substituents is 1. The molecule has 2 atom stereocenters. The molecule has 1 heterocycles. The van der Waals surface area contributed by atoms with Gasteiger partial charge in [-0.15, -0.1) is 0 Å². The maximum Gasteiger partial charge on any atom is 0.289 e. The van der Waals surface area contributed by atoms with E-state index in [9.17, 15) is 18.5 Å². The molecular formula is C13H10N2O5S. The Morgan fingerprint density at radius 3 is 2.33 bits per heavy atom. The minimum atomic E-state index is -4.07. The standard InChI is InChI=1S/C13H10N2O5S/c16-14(17)11-8-4-5-9-12(11)21(18,19)15-13(20-15)10-6-2-1-3-7-10/h1-9,13H. The topological polar surface area (TPSA) is 92.8 Å². The predicted molar refractivity (Wildman–Crippen MR) is 72.4 cm³/mol. The number of rotatable bonds is 4. The average molecular weight is 306 g/mol. The van der Waals surface area contributed by atoms with Crippen LogP contribution in [0.5, 0.6) is 0 Å². The van der Waals surface area contributed by atoms with E-state index in [1.165, 1.54) is 18.2 Å². The van der Waals surface area contributed by atoms with Crippen molar-refractivity contribution in [2.45, 2.75) is 11.1 Å². The van der Waals surface area contributed by atoms with Gasteiger partial charge in [-0.1, -0.05) is 42.5 Å². The van der Waals surface area contributed by atoms with E-state index in [1.54, 1.807) is 30.3 Å². The van der Waals surface area contributed by atoms with Crippen LogP contribution in [0.15, 0.2) is 59.5 Å². The molecule has 0 saturated carbocycles. The summed E-state index contributed by atoms with van der Waals surface area (Å²) in [5.41, 5.74) is 0.194. The van der Waals surface area contributed by atoms with Crippen molar-refractivity contribution >= 4 is 15.7 Å². The zero-order valence-electron chi connectivity index (χ0n) is 10.6. The lowest BCUT2D eigenvalue weighted by Gasteiger charge is -2.03. The van der Waals surface area contributed by atoms with Crippen LogP contribution in [0.4, 0.5) is 5.69 Å². The van der Waals surface area contributed by atoms with Crippen LogP contribution >= 0.6 is 0 Å². The summed E-state index contributed by atoms with van der Waals surface area (Å²) in [7, 11) is -4.07. The zero-order valence-corrected chi connectivity index (χ0v) is 11.4. The van der Waals surface area contributed by atoms with E-state index in [4.69, 9.17) is 4.84 Å². The molecular weight excluding hydrogens is 296 g/mol. The van der Waals surface area contributed by atoms with Crippen LogP contribution in [0.2, 0.25) is 0 Å². The fraction of sp³-hybridized carbons (Fsp3) is 0.0769. The molecule has 21 heavy (non-hydrogen) atoms. The van der Waals surface area contributed by atoms with Crippen LogP contribution in [0.3, 0.4) is 0 Å². The highest BCUT2D eigenvalue weighted by Crippen LogP contribution is 2.43. The van der Waals surface area contributed by atoms with E-state index >= 15 is 0 Å². The van der Waals surface area contributed by atoms with Crippen molar-refractivity contribution in [1.29, 1.82) is 0 Å². The molecule has 0 amide bonds. The number of nitro groups is 1. The van der Waals surface area contributed by atoms with E-state index in [0.717, 1.165) is 10.5 Å². The zero-order chi connectivity index (χ0) is 15.0. The first-order chi connectivity index (χ1) is 10.0. The first-order valence-electron chi connectivity index (χ1n) is 6.01. The molecule has 2 aromatic rings. The van der Waals surface area contributed by atoms with E-state index in [0.29, 0.717) is 5.56 Å². The molecule has 2 aromatic carbocycles. The molecule has 1 fully saturated rings. The van der Waals surface area contributed by atoms with Gasteiger partial charge in [-0.25, -0.2) is 8.42 Å². The molecule has 0 N–H and O–H groups in total. The van der Waals surface area contributed by atoms with Gasteiger partial charge in [0, 0.05) is 11.6 Å². The summed E-state index contributed by atoms with van der Waals surface area (Å²) >= 11 is 0. The van der Waals surface area contributed by atoms with Gasteiger partial charge in [0.1, 0.15) is 0 Å². The second kappa shape index (κ2) is 4.92. The fourth-order valence-corrected chi connectivity index (χ4v) is 3.40. The van der Waals surface area contributed by atoms with Gasteiger partial charge in [0.15, 0.2) is 11.1 Å². The van der Waals surface area contributed by atoms with E-state index < -0.39 is 26.9 Å². The van der Waals surface area contributed by atoms with Crippen molar-refractivity contribution in [3.8, 4) is 0 Å². The summed E-state index contributed by atoms with van der Waals surface area (Å²) < 4.78 is 25.6. The Morgan fingerprint density at radius 2 is 1.67 bits per heavy atom. The fourth-order valence-electron chi connectivity index (χ4n) is 1.98. The number of hydroxylamine groups is 1. The molecule has 0 bridgehead atoms. The second-order valence-corrected chi connectivity index (χ2v) is 6.10. The van der Waals surface area contributed by atoms with Gasteiger partial charge in [-0.05, 0) is 10.5 Å². The number of sulfonamides is 1. The molecule has 0 aromatic heterocycles. The number of hydrogen-bond donors (Lipinski definition) is 0. The van der Waals surface area contributed by atoms with Crippen LogP contribution in [0.25, 0.3) is 0 Å². The van der Waals surface area contributed by atoms with Gasteiger partial charge >= 0.3 is 0 Å². The Kier molecular flexibility index (Phi) is 3.20. The largest absolute Gasteiger partial charge is 0.289 e. The van der Waals surface area contributed by atoms with Crippen molar-refractivity contribution in [1.82, 2.24) is 4.47 Å². The SMILES string of the molecule is O=[N+]([O-])c1ccccc1S(=O)(=O)N1OC1c1ccccc1. The highest BCUT2D eigenvalue weighted by molar-refractivity contribution is 7.89. The summed E-state index contributed by atoms with van der Waals surface area (Å²) in [6, 6.07) is 13.9. The monoisotopic (exact) mass is 306 g/mol. The van der Waals surface area contributed by atoms with Crippen LogP contribution in [-0.2, 0) is 14.9 Å². The first kappa shape index (κ1) is 13.7. The Labute approximate surface area is 120 Å². The van der Waals surface area contributed by atoms with Crippen LogP contribution in [0.1, 0.15) is 11.8 Å². The normalized spacial score (nSPS) is 21.0. The molecule has 0 radical (unpaired) electrons. The van der Waals surface area contributed by atoms with Gasteiger partial charge in [0.25, 0.3) is 15.7 Å². The summed E-state index contributed by atoms with van der Waals surface area (Å²) in [5, 5.41) is 10.9. The quantitative estimate of drug-likeness (QED) is 0.490. The lowest BCUT2D eigenvalue weighted by atomic mass is 10.2. The average Bonchev–Trinajstić information content (AvgIpc) is 3.29. The van der Waals surface area contributed by atoms with Gasteiger partial charge in [0.05, 0.1) is 4.92 Å². The number of hydrogen-bond acceptors (Lipinski definition) is 5. The second-order valence-electron chi connectivity index (χ2n) is 4.35. The van der Waals surface area contributed by atoms with E-state index in [1.807, 2.05) is 0 Å². The minimum Gasteiger partial charge on any atom is -0.258 e. The van der Waals surface area contributed by atoms with Gasteiger partial charge in [-0.2, -0.15) is 0 Å². The number of para-hydroxylation sites is 1. The minimum absolute atomic E-state index is 0.381. The third-order valence-electron chi connectivity index (χ3n) is 3.01. The third-order valence-corrected chi connectivity index (χ3v) is 4.66. The summed E-state index contributed by atoms with van der Waals surface area (Å²) in [5.74, 6) is 0. The smallest absolute Gasteiger partial charge is 0.258 e. The highest BCUT2D eigenvalue weighted by atomic mass is 32.2. The Hall–Kier alpha value is -2.29. The van der Waals surface area contributed by atoms with Crippen molar-refractivity contribution in [3.63, 3.8) is 0 Å². The van der Waals surface area contributed by atoms with E-state index in [-0.39, 0.29) is 4.90 Å². The van der Waals surface area contributed by atoms with Gasteiger partial charge in [-0.3, -0.25) is 15.0 Å². The summed E-state index contributed by atoms with van der Waals surface area (Å²) in [4.78, 5) is 14.9. The molecule has 0 spiro atoms. The maximum absolute atomic E-state index is 12.4. The van der Waals surface area contributed by atoms with Crippen molar-refractivity contribution in [2.75, 3.05) is 0 Å². The molecule has 3 rings (SSSR count). The van der Waals surface area contributed by atoms with Gasteiger partial charge in [0.2, 0.25) is 0 Å². The van der Waals surface area contributed by atoms with Gasteiger partial charge < -0.3 is 0 Å². The molecule has 7 nitrogen and oxygen atoms in total. The Balaban J connectivity index is 1.95. The van der Waals surface area contributed by atoms with Crippen LogP contribution in [-0.4, -0.2) is 17.8 Å². The summed E-state index contributed by atoms with van der Waals surface area (Å²) in [6.45, 7) is 0. The lowest BCUT2D eigenvalue weighted by molar-refractivity contribution is -0.387. The van der Waals surface area contributed by atoms with Crippen LogP contribution < -0.4 is 0 Å². The lowest BCUT2D eigenvalue weighted by Crippen LogP contribution is -2.14. The third kappa shape index (κ3) is 2.40. The van der Waals surface area contributed by atoms with Crippen molar-refractivity contribution in [2.24, 2.45) is 0 Å². The molecule has 1 aliphatic rings. The summed E-state index contributed by atoms with van der Waals surface area (Å²) in [6.07, 6.45) is -0.740. The molecule has 108 valence electrons. The van der Waals surface area contributed by atoms with Crippen LogP contribution in [0, 0.1) is 10.1 Å². The van der Waals surface area contributed by atoms with E-state index in [2.05, 4.69) is 0 Å². The predicted octanol–water partition coefficient (Wildman–Crippen LogP) is 2.23. The highest BCUT2D eigenvalue weighted by Gasteiger charge is 2.50. The molecule has 1 saturated heterocycles. The van der Waals surface area contributed by atoms with Crippen molar-refractivity contribution < 1.29 is 18.2 Å². The Bertz CT molecular complexity index is 791. The first-order valence-corrected chi connectivity index (χ1v) is 7.45. The molecule has 0 aliphatic carbocycles. The Morgan fingerprint density at radius 1 is 1.05 bits per heavy atom. The maximum atomic E-state index is 12.4. The molecule has 1 aliphatic heterocycles. The number of benzene rings is 2. The molecule has 2 unspecified atom stereocenters. The number of nitrogens with zero attached hydrogens (tertiary/aromatic N) is 2.